The Hall–Kier alpha value is -3.72. The van der Waals surface area contributed by atoms with E-state index in [4.69, 9.17) is 9.52 Å². The van der Waals surface area contributed by atoms with Gasteiger partial charge in [-0.25, -0.2) is 10.2 Å². The van der Waals surface area contributed by atoms with E-state index in [-0.39, 0.29) is 29.6 Å². The Kier molecular flexibility index (Phi) is 7.34. The lowest BCUT2D eigenvalue weighted by Crippen LogP contribution is -2.22. The van der Waals surface area contributed by atoms with Gasteiger partial charge < -0.3 is 14.8 Å². The fourth-order valence-electron chi connectivity index (χ4n) is 2.60. The van der Waals surface area contributed by atoms with Crippen LogP contribution in [0.5, 0.6) is 0 Å². The highest BCUT2D eigenvalue weighted by Crippen LogP contribution is 2.14. The van der Waals surface area contributed by atoms with Crippen molar-refractivity contribution in [3.05, 3.63) is 93.3 Å². The van der Waals surface area contributed by atoms with Gasteiger partial charge in [-0.1, -0.05) is 36.4 Å². The number of amides is 2. The van der Waals surface area contributed by atoms with Crippen LogP contribution < -0.4 is 10.7 Å². The summed E-state index contributed by atoms with van der Waals surface area (Å²) in [7, 11) is 0. The number of hydrogen-bond donors (Lipinski definition) is 3. The Labute approximate surface area is 186 Å². The number of benzene rings is 2. The molecule has 0 fully saturated rings. The van der Waals surface area contributed by atoms with Gasteiger partial charge in [-0.2, -0.15) is 5.10 Å². The predicted octanol–water partition coefficient (Wildman–Crippen LogP) is 3.36. The van der Waals surface area contributed by atoms with Crippen molar-refractivity contribution in [3.8, 4) is 0 Å². The van der Waals surface area contributed by atoms with Gasteiger partial charge in [0.05, 0.1) is 18.2 Å². The van der Waals surface area contributed by atoms with Crippen LogP contribution in [0.4, 0.5) is 0 Å². The molecule has 9 heteroatoms. The lowest BCUT2D eigenvalue weighted by molar-refractivity contribution is -0.120. The molecule has 0 aliphatic rings. The summed E-state index contributed by atoms with van der Waals surface area (Å²) in [4.78, 5) is 34.8. The molecule has 2 amide bonds. The fourth-order valence-corrected chi connectivity index (χ4v) is 2.90. The Morgan fingerprint density at radius 3 is 2.26 bits per heavy atom. The van der Waals surface area contributed by atoms with Gasteiger partial charge in [0, 0.05) is 6.54 Å². The minimum atomic E-state index is -1.01. The number of aromatic carboxylic acids is 1. The van der Waals surface area contributed by atoms with Crippen molar-refractivity contribution in [3.63, 3.8) is 0 Å². The molecule has 0 aliphatic heterocycles. The molecule has 0 saturated carbocycles. The number of rotatable bonds is 8. The van der Waals surface area contributed by atoms with E-state index in [0.29, 0.717) is 16.8 Å². The zero-order valence-corrected chi connectivity index (χ0v) is 17.8. The molecule has 8 nitrogen and oxygen atoms in total. The second kappa shape index (κ2) is 10.4. The van der Waals surface area contributed by atoms with Crippen molar-refractivity contribution >= 4 is 39.9 Å². The molecule has 3 N–H and O–H groups in total. The van der Waals surface area contributed by atoms with Crippen LogP contribution in [0.2, 0.25) is 0 Å². The SMILES string of the molecule is O=C(Cc1ccc(C(=O)O)cc1)N/N=C/c1ccc(CNC(=O)c2ccc(Br)o2)cc1. The minimum absolute atomic E-state index is 0.0854. The van der Waals surface area contributed by atoms with Crippen LogP contribution in [0.15, 0.2) is 74.9 Å². The normalized spacial score (nSPS) is 10.7. The smallest absolute Gasteiger partial charge is 0.335 e. The summed E-state index contributed by atoms with van der Waals surface area (Å²) >= 11 is 3.15. The standard InChI is InChI=1S/C22H18BrN3O5/c23-19-10-9-18(31-19)21(28)24-12-15-1-3-16(4-2-15)13-25-26-20(27)11-14-5-7-17(8-6-14)22(29)30/h1-10,13H,11-12H2,(H,24,28)(H,26,27)(H,29,30)/b25-13+. The van der Waals surface area contributed by atoms with Crippen molar-refractivity contribution in [2.24, 2.45) is 5.10 Å². The summed E-state index contributed by atoms with van der Waals surface area (Å²) in [5.74, 6) is -1.41. The molecule has 31 heavy (non-hydrogen) atoms. The molecular formula is C22H18BrN3O5. The van der Waals surface area contributed by atoms with Crippen LogP contribution in [0, 0.1) is 0 Å². The molecule has 3 rings (SSSR count). The van der Waals surface area contributed by atoms with E-state index in [9.17, 15) is 14.4 Å². The number of hydrogen-bond acceptors (Lipinski definition) is 5. The van der Waals surface area contributed by atoms with Gasteiger partial charge >= 0.3 is 5.97 Å². The molecule has 0 saturated heterocycles. The monoisotopic (exact) mass is 483 g/mol. The number of carbonyl (C=O) groups excluding carboxylic acids is 2. The van der Waals surface area contributed by atoms with Gasteiger partial charge in [0.1, 0.15) is 0 Å². The summed E-state index contributed by atoms with van der Waals surface area (Å²) < 4.78 is 5.69. The summed E-state index contributed by atoms with van der Waals surface area (Å²) in [5, 5.41) is 15.6. The molecule has 0 bridgehead atoms. The third-order valence-electron chi connectivity index (χ3n) is 4.20. The lowest BCUT2D eigenvalue weighted by Gasteiger charge is -2.04. The number of carboxylic acid groups (broad SMARTS) is 1. The zero-order valence-electron chi connectivity index (χ0n) is 16.2. The number of halogens is 1. The highest BCUT2D eigenvalue weighted by Gasteiger charge is 2.09. The topological polar surface area (TPSA) is 121 Å². The first kappa shape index (κ1) is 22.0. The van der Waals surface area contributed by atoms with E-state index in [2.05, 4.69) is 31.8 Å². The Morgan fingerprint density at radius 2 is 1.65 bits per heavy atom. The van der Waals surface area contributed by atoms with Gasteiger partial charge in [0.15, 0.2) is 10.4 Å². The summed E-state index contributed by atoms with van der Waals surface area (Å²) in [6, 6.07) is 16.6. The summed E-state index contributed by atoms with van der Waals surface area (Å²) in [6.07, 6.45) is 1.59. The first-order valence-corrected chi connectivity index (χ1v) is 9.96. The molecular weight excluding hydrogens is 466 g/mol. The summed E-state index contributed by atoms with van der Waals surface area (Å²) in [5.41, 5.74) is 4.95. The molecule has 1 heterocycles. The number of nitrogens with one attached hydrogen (secondary N) is 2. The van der Waals surface area contributed by atoms with Crippen molar-refractivity contribution in [1.29, 1.82) is 0 Å². The molecule has 0 radical (unpaired) electrons. The molecule has 0 aliphatic carbocycles. The Balaban J connectivity index is 1.45. The van der Waals surface area contributed by atoms with E-state index < -0.39 is 5.97 Å². The van der Waals surface area contributed by atoms with Crippen molar-refractivity contribution < 1.29 is 23.9 Å². The number of nitrogens with zero attached hydrogens (tertiary/aromatic N) is 1. The van der Waals surface area contributed by atoms with Crippen molar-refractivity contribution in [2.45, 2.75) is 13.0 Å². The van der Waals surface area contributed by atoms with Gasteiger partial charge in [-0.05, 0) is 56.9 Å². The average molecular weight is 484 g/mol. The number of carboxylic acids is 1. The van der Waals surface area contributed by atoms with E-state index in [1.165, 1.54) is 18.3 Å². The van der Waals surface area contributed by atoms with Crippen LogP contribution in [-0.2, 0) is 17.8 Å². The summed E-state index contributed by atoms with van der Waals surface area (Å²) in [6.45, 7) is 0.339. The molecule has 158 valence electrons. The average Bonchev–Trinajstić information content (AvgIpc) is 3.20. The van der Waals surface area contributed by atoms with Gasteiger partial charge in [-0.15, -0.1) is 0 Å². The number of hydrazone groups is 1. The van der Waals surface area contributed by atoms with Crippen LogP contribution >= 0.6 is 15.9 Å². The second-order valence-corrected chi connectivity index (χ2v) is 7.28. The molecule has 1 aromatic heterocycles. The highest BCUT2D eigenvalue weighted by molar-refractivity contribution is 9.10. The molecule has 0 unspecified atom stereocenters. The minimum Gasteiger partial charge on any atom is -0.478 e. The van der Waals surface area contributed by atoms with Crippen LogP contribution in [0.25, 0.3) is 0 Å². The first-order valence-electron chi connectivity index (χ1n) is 9.17. The Morgan fingerprint density at radius 1 is 0.968 bits per heavy atom. The third kappa shape index (κ3) is 6.65. The van der Waals surface area contributed by atoms with E-state index in [1.807, 2.05) is 24.3 Å². The predicted molar refractivity (Wildman–Crippen MR) is 117 cm³/mol. The number of carbonyl (C=O) groups is 3. The second-order valence-electron chi connectivity index (χ2n) is 6.50. The largest absolute Gasteiger partial charge is 0.478 e. The molecule has 0 atom stereocenters. The Bertz CT molecular complexity index is 1100. The van der Waals surface area contributed by atoms with E-state index in [0.717, 1.165) is 11.1 Å². The zero-order chi connectivity index (χ0) is 22.2. The van der Waals surface area contributed by atoms with E-state index in [1.54, 1.807) is 24.3 Å². The molecule has 3 aromatic rings. The van der Waals surface area contributed by atoms with Crippen molar-refractivity contribution in [2.75, 3.05) is 0 Å². The quantitative estimate of drug-likeness (QED) is 0.335. The lowest BCUT2D eigenvalue weighted by atomic mass is 10.1. The molecule has 0 spiro atoms. The van der Waals surface area contributed by atoms with Gasteiger partial charge in [0.25, 0.3) is 5.91 Å². The third-order valence-corrected chi connectivity index (χ3v) is 4.62. The van der Waals surface area contributed by atoms with Gasteiger partial charge in [0.2, 0.25) is 5.91 Å². The van der Waals surface area contributed by atoms with Crippen LogP contribution in [0.3, 0.4) is 0 Å². The maximum Gasteiger partial charge on any atom is 0.335 e. The first-order chi connectivity index (χ1) is 14.9. The molecule has 2 aromatic carbocycles. The van der Waals surface area contributed by atoms with Crippen LogP contribution in [0.1, 0.15) is 37.6 Å². The maximum atomic E-state index is 12.0. The maximum absolute atomic E-state index is 12.0. The van der Waals surface area contributed by atoms with Crippen molar-refractivity contribution in [1.82, 2.24) is 10.7 Å². The fraction of sp³-hybridized carbons (Fsp3) is 0.0909. The van der Waals surface area contributed by atoms with E-state index >= 15 is 0 Å². The highest BCUT2D eigenvalue weighted by atomic mass is 79.9. The van der Waals surface area contributed by atoms with Gasteiger partial charge in [-0.3, -0.25) is 9.59 Å². The van der Waals surface area contributed by atoms with Crippen LogP contribution in [-0.4, -0.2) is 29.1 Å². The number of furan rings is 1.